The van der Waals surface area contributed by atoms with E-state index in [1.54, 1.807) is 12.1 Å². The lowest BCUT2D eigenvalue weighted by molar-refractivity contribution is -0.141. The summed E-state index contributed by atoms with van der Waals surface area (Å²) in [5.74, 6) is -1.94. The summed E-state index contributed by atoms with van der Waals surface area (Å²) in [6.45, 7) is 0. The van der Waals surface area contributed by atoms with E-state index in [2.05, 4.69) is 10.3 Å². The molecule has 1 aliphatic carbocycles. The Balaban J connectivity index is 2.08. The first-order chi connectivity index (χ1) is 9.58. The standard InChI is InChI=1S/C14H16N2O4/c17-10-5-3-4-9(8-10)12(14(19)20)16-13(18)11-6-1-2-7-15-11/h1-2,6-7,9,12H,3-5,8H2,(H,16,18)(H,19,20)/t9-,12+/m0/s1. The minimum atomic E-state index is -1.12. The van der Waals surface area contributed by atoms with E-state index in [4.69, 9.17) is 0 Å². The van der Waals surface area contributed by atoms with Gasteiger partial charge in [0.2, 0.25) is 0 Å². The molecule has 20 heavy (non-hydrogen) atoms. The van der Waals surface area contributed by atoms with Crippen LogP contribution in [0.4, 0.5) is 0 Å². The molecule has 0 spiro atoms. The normalized spacial score (nSPS) is 20.2. The Morgan fingerprint density at radius 2 is 2.20 bits per heavy atom. The molecule has 106 valence electrons. The van der Waals surface area contributed by atoms with Crippen LogP contribution in [0.2, 0.25) is 0 Å². The number of Topliss-reactive ketones (excluding diaryl/α,β-unsaturated/α-hetero) is 1. The van der Waals surface area contributed by atoms with Gasteiger partial charge in [-0.3, -0.25) is 14.6 Å². The third-order valence-electron chi connectivity index (χ3n) is 3.44. The van der Waals surface area contributed by atoms with Gasteiger partial charge in [0, 0.05) is 19.0 Å². The lowest BCUT2D eigenvalue weighted by Crippen LogP contribution is -2.47. The van der Waals surface area contributed by atoms with Gasteiger partial charge in [0.25, 0.3) is 5.91 Å². The number of hydrogen-bond donors (Lipinski definition) is 2. The van der Waals surface area contributed by atoms with E-state index in [9.17, 15) is 19.5 Å². The number of carboxylic acids is 1. The Bertz CT molecular complexity index is 515. The van der Waals surface area contributed by atoms with Gasteiger partial charge in [-0.2, -0.15) is 0 Å². The molecular weight excluding hydrogens is 260 g/mol. The summed E-state index contributed by atoms with van der Waals surface area (Å²) in [4.78, 5) is 38.6. The van der Waals surface area contributed by atoms with Crippen molar-refractivity contribution >= 4 is 17.7 Å². The van der Waals surface area contributed by atoms with Gasteiger partial charge in [0.1, 0.15) is 17.5 Å². The van der Waals surface area contributed by atoms with Gasteiger partial charge >= 0.3 is 5.97 Å². The van der Waals surface area contributed by atoms with Crippen molar-refractivity contribution < 1.29 is 19.5 Å². The Hall–Kier alpha value is -2.24. The summed E-state index contributed by atoms with van der Waals surface area (Å²) in [6.07, 6.45) is 3.48. The molecule has 1 heterocycles. The number of amides is 1. The highest BCUT2D eigenvalue weighted by Gasteiger charge is 2.33. The number of nitrogens with one attached hydrogen (secondary N) is 1. The summed E-state index contributed by atoms with van der Waals surface area (Å²) in [7, 11) is 0. The SMILES string of the molecule is O=C1CCC[C@H]([C@@H](NC(=O)c2ccccn2)C(=O)O)C1. The number of nitrogens with zero attached hydrogens (tertiary/aromatic N) is 1. The number of carbonyl (C=O) groups excluding carboxylic acids is 2. The summed E-state index contributed by atoms with van der Waals surface area (Å²) in [6, 6.07) is 3.79. The number of aromatic nitrogens is 1. The quantitative estimate of drug-likeness (QED) is 0.856. The summed E-state index contributed by atoms with van der Waals surface area (Å²) in [5.41, 5.74) is 0.167. The predicted octanol–water partition coefficient (Wildman–Crippen LogP) is 1.02. The minimum absolute atomic E-state index is 0.0552. The summed E-state index contributed by atoms with van der Waals surface area (Å²) in [5, 5.41) is 11.7. The molecule has 2 rings (SSSR count). The third kappa shape index (κ3) is 3.40. The van der Waals surface area contributed by atoms with Crippen LogP contribution < -0.4 is 5.32 Å². The fraction of sp³-hybridized carbons (Fsp3) is 0.429. The largest absolute Gasteiger partial charge is 0.480 e. The van der Waals surface area contributed by atoms with E-state index in [1.165, 1.54) is 12.3 Å². The number of hydrogen-bond acceptors (Lipinski definition) is 4. The third-order valence-corrected chi connectivity index (χ3v) is 3.44. The molecule has 0 aliphatic heterocycles. The van der Waals surface area contributed by atoms with Crippen LogP contribution in [0.3, 0.4) is 0 Å². The van der Waals surface area contributed by atoms with Gasteiger partial charge in [-0.15, -0.1) is 0 Å². The highest BCUT2D eigenvalue weighted by molar-refractivity contribution is 5.95. The van der Waals surface area contributed by atoms with Crippen LogP contribution in [-0.4, -0.2) is 33.8 Å². The number of ketones is 1. The average Bonchev–Trinajstić information content (AvgIpc) is 2.45. The molecule has 0 unspecified atom stereocenters. The Morgan fingerprint density at radius 1 is 1.40 bits per heavy atom. The molecule has 1 aliphatic rings. The molecule has 0 aromatic carbocycles. The molecular formula is C14H16N2O4. The first kappa shape index (κ1) is 14.2. The second-order valence-electron chi connectivity index (χ2n) is 4.90. The molecule has 6 heteroatoms. The fourth-order valence-electron chi connectivity index (χ4n) is 2.44. The second-order valence-corrected chi connectivity index (χ2v) is 4.90. The maximum atomic E-state index is 12.0. The zero-order chi connectivity index (χ0) is 14.5. The fourth-order valence-corrected chi connectivity index (χ4v) is 2.44. The van der Waals surface area contributed by atoms with E-state index in [0.29, 0.717) is 19.3 Å². The first-order valence-electron chi connectivity index (χ1n) is 6.54. The molecule has 1 amide bonds. The zero-order valence-electron chi connectivity index (χ0n) is 10.9. The molecule has 1 fully saturated rings. The molecule has 0 bridgehead atoms. The van der Waals surface area contributed by atoms with Crippen LogP contribution >= 0.6 is 0 Å². The summed E-state index contributed by atoms with van der Waals surface area (Å²) >= 11 is 0. The van der Waals surface area contributed by atoms with Crippen molar-refractivity contribution in [2.24, 2.45) is 5.92 Å². The van der Waals surface area contributed by atoms with E-state index in [1.807, 2.05) is 0 Å². The smallest absolute Gasteiger partial charge is 0.326 e. The van der Waals surface area contributed by atoms with E-state index < -0.39 is 17.9 Å². The van der Waals surface area contributed by atoms with Crippen LogP contribution in [0.5, 0.6) is 0 Å². The lowest BCUT2D eigenvalue weighted by atomic mass is 9.83. The van der Waals surface area contributed by atoms with Crippen molar-refractivity contribution in [1.29, 1.82) is 0 Å². The van der Waals surface area contributed by atoms with Gasteiger partial charge < -0.3 is 10.4 Å². The molecule has 0 radical (unpaired) electrons. The van der Waals surface area contributed by atoms with E-state index >= 15 is 0 Å². The van der Waals surface area contributed by atoms with Crippen LogP contribution in [0.1, 0.15) is 36.2 Å². The van der Waals surface area contributed by atoms with Crippen molar-refractivity contribution in [3.05, 3.63) is 30.1 Å². The Kier molecular flexibility index (Phi) is 4.45. The van der Waals surface area contributed by atoms with Gasteiger partial charge in [0.15, 0.2) is 0 Å². The van der Waals surface area contributed by atoms with Gasteiger partial charge in [-0.25, -0.2) is 4.79 Å². The molecule has 1 aromatic rings. The highest BCUT2D eigenvalue weighted by atomic mass is 16.4. The van der Waals surface area contributed by atoms with Crippen molar-refractivity contribution in [2.75, 3.05) is 0 Å². The first-order valence-corrected chi connectivity index (χ1v) is 6.54. The average molecular weight is 276 g/mol. The maximum Gasteiger partial charge on any atom is 0.326 e. The molecule has 0 saturated heterocycles. The molecule has 2 atom stereocenters. The van der Waals surface area contributed by atoms with Gasteiger partial charge in [-0.1, -0.05) is 6.07 Å². The topological polar surface area (TPSA) is 96.4 Å². The Morgan fingerprint density at radius 3 is 2.80 bits per heavy atom. The van der Waals surface area contributed by atoms with E-state index in [-0.39, 0.29) is 23.8 Å². The second kappa shape index (κ2) is 6.27. The maximum absolute atomic E-state index is 12.0. The van der Waals surface area contributed by atoms with Gasteiger partial charge in [-0.05, 0) is 30.9 Å². The van der Waals surface area contributed by atoms with Crippen molar-refractivity contribution in [3.63, 3.8) is 0 Å². The van der Waals surface area contributed by atoms with Crippen LogP contribution in [0.25, 0.3) is 0 Å². The highest BCUT2D eigenvalue weighted by Crippen LogP contribution is 2.24. The van der Waals surface area contributed by atoms with Crippen molar-refractivity contribution in [2.45, 2.75) is 31.7 Å². The summed E-state index contributed by atoms with van der Waals surface area (Å²) < 4.78 is 0. The predicted molar refractivity (Wildman–Crippen MR) is 70.1 cm³/mol. The van der Waals surface area contributed by atoms with Crippen LogP contribution in [-0.2, 0) is 9.59 Å². The number of rotatable bonds is 4. The molecule has 6 nitrogen and oxygen atoms in total. The molecule has 1 aromatic heterocycles. The number of carboxylic acid groups (broad SMARTS) is 1. The van der Waals surface area contributed by atoms with Crippen LogP contribution in [0.15, 0.2) is 24.4 Å². The monoisotopic (exact) mass is 276 g/mol. The molecule has 1 saturated carbocycles. The number of aliphatic carboxylic acids is 1. The van der Waals surface area contributed by atoms with Crippen LogP contribution in [0, 0.1) is 5.92 Å². The van der Waals surface area contributed by atoms with Gasteiger partial charge in [0.05, 0.1) is 0 Å². The van der Waals surface area contributed by atoms with Crippen molar-refractivity contribution in [1.82, 2.24) is 10.3 Å². The number of carbonyl (C=O) groups is 3. The minimum Gasteiger partial charge on any atom is -0.480 e. The van der Waals surface area contributed by atoms with Crippen molar-refractivity contribution in [3.8, 4) is 0 Å². The Labute approximate surface area is 116 Å². The van der Waals surface area contributed by atoms with E-state index in [0.717, 1.165) is 0 Å². The molecule has 2 N–H and O–H groups in total. The number of pyridine rings is 1. The zero-order valence-corrected chi connectivity index (χ0v) is 10.9. The lowest BCUT2D eigenvalue weighted by Gasteiger charge is -2.27.